The second-order valence-corrected chi connectivity index (χ2v) is 10.7. The van der Waals surface area contributed by atoms with Gasteiger partial charge >= 0.3 is 12.2 Å². The van der Waals surface area contributed by atoms with Crippen LogP contribution in [0.1, 0.15) is 30.9 Å². The third kappa shape index (κ3) is 6.51. The summed E-state index contributed by atoms with van der Waals surface area (Å²) in [5.41, 5.74) is 1.55. The average molecular weight is 593 g/mol. The number of alkyl halides is 2. The van der Waals surface area contributed by atoms with Crippen molar-refractivity contribution in [2.24, 2.45) is 11.8 Å². The summed E-state index contributed by atoms with van der Waals surface area (Å²) in [6.07, 6.45) is 0.0798. The van der Waals surface area contributed by atoms with Crippen LogP contribution in [0.3, 0.4) is 0 Å². The molecule has 2 aliphatic rings. The van der Waals surface area contributed by atoms with Crippen LogP contribution in [0.2, 0.25) is 0 Å². The Morgan fingerprint density at radius 2 is 1.89 bits per heavy atom. The Hall–Kier alpha value is -3.01. The van der Waals surface area contributed by atoms with Crippen LogP contribution < -0.4 is 0 Å². The second-order valence-electron chi connectivity index (χ2n) is 9.79. The number of likely N-dealkylation sites (tertiary alicyclic amines) is 1. The van der Waals surface area contributed by atoms with Crippen LogP contribution in [0, 0.1) is 11.8 Å². The Balaban J connectivity index is 1.61. The number of carbonyl (C=O) groups is 3. The summed E-state index contributed by atoms with van der Waals surface area (Å²) in [6.45, 7) is 0.862. The topological polar surface area (TPSA) is 76.2 Å². The van der Waals surface area contributed by atoms with E-state index >= 15 is 8.78 Å². The Labute approximate surface area is 229 Å². The number of benzene rings is 2. The molecule has 2 saturated heterocycles. The fraction of sp³-hybridized carbons (Fsp3) is 0.464. The van der Waals surface area contributed by atoms with Gasteiger partial charge in [-0.05, 0) is 42.5 Å². The van der Waals surface area contributed by atoms with Crippen molar-refractivity contribution in [2.75, 3.05) is 26.3 Å². The lowest BCUT2D eigenvalue weighted by Gasteiger charge is -2.30. The van der Waals surface area contributed by atoms with Crippen molar-refractivity contribution in [3.05, 3.63) is 70.2 Å². The van der Waals surface area contributed by atoms with Gasteiger partial charge in [0.1, 0.15) is 6.61 Å². The Morgan fingerprint density at radius 1 is 1.16 bits per heavy atom. The summed E-state index contributed by atoms with van der Waals surface area (Å²) in [4.78, 5) is 41.1. The number of hydrogen-bond donors (Lipinski definition) is 0. The highest BCUT2D eigenvalue weighted by molar-refractivity contribution is 9.10. The van der Waals surface area contributed by atoms with Gasteiger partial charge in [-0.1, -0.05) is 71.7 Å². The number of carbonyl (C=O) groups excluding carboxylic acids is 3. The Kier molecular flexibility index (Phi) is 9.02. The number of nitrogens with zero attached hydrogens (tertiary/aromatic N) is 2. The molecular formula is C28H31BrF2N2O5. The summed E-state index contributed by atoms with van der Waals surface area (Å²) in [5.74, 6) is -6.84. The van der Waals surface area contributed by atoms with Crippen molar-refractivity contribution in [1.29, 1.82) is 0 Å². The van der Waals surface area contributed by atoms with Crippen LogP contribution in [0.15, 0.2) is 59.1 Å². The third-order valence-corrected chi connectivity index (χ3v) is 7.50. The number of ether oxygens (including phenoxy) is 2. The van der Waals surface area contributed by atoms with Crippen molar-refractivity contribution >= 4 is 34.0 Å². The maximum absolute atomic E-state index is 15.5. The quantitative estimate of drug-likeness (QED) is 0.349. The zero-order valence-corrected chi connectivity index (χ0v) is 22.7. The molecule has 0 aliphatic carbocycles. The molecule has 4 rings (SSSR count). The van der Waals surface area contributed by atoms with Crippen LogP contribution >= 0.6 is 15.9 Å². The van der Waals surface area contributed by atoms with E-state index in [2.05, 4.69) is 15.9 Å². The molecule has 0 spiro atoms. The SMILES string of the molecule is CCCCOC(=O)N1CC([C@H](Cc2cccc(Br)c2)C(=O)N2C(=O)OC[C@@H]2Cc2ccccc2)C(F)(F)C1. The van der Waals surface area contributed by atoms with Gasteiger partial charge in [0.25, 0.3) is 5.92 Å². The minimum Gasteiger partial charge on any atom is -0.449 e. The van der Waals surface area contributed by atoms with Crippen molar-refractivity contribution in [3.8, 4) is 0 Å². The lowest BCUT2D eigenvalue weighted by Crippen LogP contribution is -2.49. The highest BCUT2D eigenvalue weighted by Gasteiger charge is 2.56. The van der Waals surface area contributed by atoms with Crippen molar-refractivity contribution < 1.29 is 32.6 Å². The van der Waals surface area contributed by atoms with Crippen LogP contribution in [0.25, 0.3) is 0 Å². The maximum atomic E-state index is 15.5. The standard InChI is InChI=1S/C28H31BrF2N2O5/c1-2-3-12-37-26(35)32-16-24(28(30,31)18-32)23(15-20-10-7-11-21(29)13-20)25(34)33-22(17-38-27(33)36)14-19-8-5-4-6-9-19/h4-11,13,22-24H,2-3,12,14-18H2,1H3/t22-,23-,24?/m0/s1. The van der Waals surface area contributed by atoms with Crippen LogP contribution in [0.5, 0.6) is 0 Å². The molecule has 204 valence electrons. The molecule has 0 N–H and O–H groups in total. The van der Waals surface area contributed by atoms with E-state index in [0.717, 1.165) is 26.3 Å². The largest absolute Gasteiger partial charge is 0.449 e. The van der Waals surface area contributed by atoms with Gasteiger partial charge < -0.3 is 14.4 Å². The van der Waals surface area contributed by atoms with E-state index in [1.165, 1.54) is 0 Å². The van der Waals surface area contributed by atoms with Gasteiger partial charge in [-0.2, -0.15) is 0 Å². The van der Waals surface area contributed by atoms with E-state index in [4.69, 9.17) is 9.47 Å². The molecule has 0 aromatic heterocycles. The summed E-state index contributed by atoms with van der Waals surface area (Å²) in [7, 11) is 0. The van der Waals surface area contributed by atoms with Gasteiger partial charge in [-0.25, -0.2) is 23.3 Å². The normalized spacial score (nSPS) is 21.3. The highest BCUT2D eigenvalue weighted by atomic mass is 79.9. The summed E-state index contributed by atoms with van der Waals surface area (Å²) in [6, 6.07) is 15.7. The molecule has 10 heteroatoms. The first-order valence-corrected chi connectivity index (χ1v) is 13.6. The van der Waals surface area contributed by atoms with Crippen molar-refractivity contribution in [2.45, 2.75) is 44.6 Å². The minimum absolute atomic E-state index is 0.0139. The lowest BCUT2D eigenvalue weighted by molar-refractivity contribution is -0.140. The molecule has 2 aromatic carbocycles. The molecule has 3 amide bonds. The first-order chi connectivity index (χ1) is 18.2. The molecule has 2 aromatic rings. The molecule has 38 heavy (non-hydrogen) atoms. The smallest absolute Gasteiger partial charge is 0.416 e. The summed E-state index contributed by atoms with van der Waals surface area (Å²) in [5, 5.41) is 0. The molecule has 0 bridgehead atoms. The van der Waals surface area contributed by atoms with Crippen LogP contribution in [-0.2, 0) is 27.1 Å². The Morgan fingerprint density at radius 3 is 2.61 bits per heavy atom. The minimum atomic E-state index is -3.35. The first-order valence-electron chi connectivity index (χ1n) is 12.8. The summed E-state index contributed by atoms with van der Waals surface area (Å²) < 4.78 is 42.1. The lowest BCUT2D eigenvalue weighted by atomic mass is 9.82. The van der Waals surface area contributed by atoms with Gasteiger partial charge in [0.15, 0.2) is 0 Å². The zero-order valence-electron chi connectivity index (χ0n) is 21.2. The molecule has 0 saturated carbocycles. The van der Waals surface area contributed by atoms with Gasteiger partial charge in [-0.3, -0.25) is 4.79 Å². The van der Waals surface area contributed by atoms with E-state index in [9.17, 15) is 14.4 Å². The molecule has 3 atom stereocenters. The van der Waals surface area contributed by atoms with Crippen LogP contribution in [-0.4, -0.2) is 66.2 Å². The number of cyclic esters (lactones) is 1. The number of unbranched alkanes of at least 4 members (excludes halogenated alkanes) is 1. The van der Waals surface area contributed by atoms with E-state index in [1.54, 1.807) is 24.3 Å². The Bertz CT molecular complexity index is 1150. The average Bonchev–Trinajstić information content (AvgIpc) is 3.41. The predicted molar refractivity (Wildman–Crippen MR) is 140 cm³/mol. The van der Waals surface area contributed by atoms with Gasteiger partial charge in [0, 0.05) is 11.0 Å². The van der Waals surface area contributed by atoms with Crippen LogP contribution in [0.4, 0.5) is 18.4 Å². The van der Waals surface area contributed by atoms with Gasteiger partial charge in [0.05, 0.1) is 31.0 Å². The number of halogens is 3. The zero-order chi connectivity index (χ0) is 27.3. The highest BCUT2D eigenvalue weighted by Crippen LogP contribution is 2.41. The fourth-order valence-corrected chi connectivity index (χ4v) is 5.47. The maximum Gasteiger partial charge on any atom is 0.416 e. The molecule has 2 aliphatic heterocycles. The van der Waals surface area contributed by atoms with E-state index in [-0.39, 0.29) is 26.2 Å². The second kappa shape index (κ2) is 12.2. The third-order valence-electron chi connectivity index (χ3n) is 7.00. The summed E-state index contributed by atoms with van der Waals surface area (Å²) >= 11 is 3.39. The molecule has 2 heterocycles. The number of hydrogen-bond acceptors (Lipinski definition) is 5. The fourth-order valence-electron chi connectivity index (χ4n) is 5.03. The molecule has 7 nitrogen and oxygen atoms in total. The number of rotatable bonds is 9. The first kappa shape index (κ1) is 28.0. The van der Waals surface area contributed by atoms with Crippen molar-refractivity contribution in [3.63, 3.8) is 0 Å². The molecule has 1 unspecified atom stereocenters. The van der Waals surface area contributed by atoms with Gasteiger partial charge in [0.2, 0.25) is 5.91 Å². The number of amides is 3. The van der Waals surface area contributed by atoms with Crippen molar-refractivity contribution in [1.82, 2.24) is 9.80 Å². The number of imide groups is 1. The molecule has 2 fully saturated rings. The van der Waals surface area contributed by atoms with E-state index < -0.39 is 48.4 Å². The van der Waals surface area contributed by atoms with Gasteiger partial charge in [-0.15, -0.1) is 0 Å². The molecular weight excluding hydrogens is 562 g/mol. The monoisotopic (exact) mass is 592 g/mol. The van der Waals surface area contributed by atoms with E-state index in [1.807, 2.05) is 37.3 Å². The molecule has 0 radical (unpaired) electrons. The predicted octanol–water partition coefficient (Wildman–Crippen LogP) is 5.70. The van der Waals surface area contributed by atoms with E-state index in [0.29, 0.717) is 18.4 Å².